The van der Waals surface area contributed by atoms with Gasteiger partial charge >= 0.3 is 0 Å². The summed E-state index contributed by atoms with van der Waals surface area (Å²) >= 11 is 0. The van der Waals surface area contributed by atoms with Gasteiger partial charge in [-0.05, 0) is 12.1 Å². The van der Waals surface area contributed by atoms with E-state index in [4.69, 9.17) is 0 Å². The largest absolute Gasteiger partial charge is 0.380 e. The summed E-state index contributed by atoms with van der Waals surface area (Å²) in [4.78, 5) is 31.4. The molecule has 2 aromatic heterocycles. The van der Waals surface area contributed by atoms with Crippen LogP contribution in [-0.4, -0.2) is 20.2 Å². The first kappa shape index (κ1) is 12.1. The highest BCUT2D eigenvalue weighted by Gasteiger charge is 2.07. The summed E-state index contributed by atoms with van der Waals surface area (Å²) in [5, 5.41) is 8.44. The SMILES string of the molecule is O=c1[nH][nH]c(=O)c2c(NCc3cncnc3)cccc12. The van der Waals surface area contributed by atoms with Gasteiger partial charge < -0.3 is 5.32 Å². The monoisotopic (exact) mass is 269 g/mol. The van der Waals surface area contributed by atoms with Crippen molar-refractivity contribution in [2.24, 2.45) is 0 Å². The van der Waals surface area contributed by atoms with Gasteiger partial charge in [0, 0.05) is 30.2 Å². The van der Waals surface area contributed by atoms with E-state index in [-0.39, 0.29) is 11.1 Å². The summed E-state index contributed by atoms with van der Waals surface area (Å²) in [5.74, 6) is 0. The average Bonchev–Trinajstić information content (AvgIpc) is 2.50. The van der Waals surface area contributed by atoms with Crippen LogP contribution in [0.3, 0.4) is 0 Å². The van der Waals surface area contributed by atoms with Gasteiger partial charge in [0.15, 0.2) is 0 Å². The topological polar surface area (TPSA) is 104 Å². The third kappa shape index (κ3) is 2.16. The number of hydrogen-bond donors (Lipinski definition) is 3. The molecule has 100 valence electrons. The maximum Gasteiger partial charge on any atom is 0.272 e. The van der Waals surface area contributed by atoms with Crippen LogP contribution in [0.2, 0.25) is 0 Å². The van der Waals surface area contributed by atoms with Crippen LogP contribution in [0.5, 0.6) is 0 Å². The molecule has 0 fully saturated rings. The Kier molecular flexibility index (Phi) is 3.00. The Morgan fingerprint density at radius 2 is 1.80 bits per heavy atom. The van der Waals surface area contributed by atoms with Crippen LogP contribution in [-0.2, 0) is 6.54 Å². The smallest absolute Gasteiger partial charge is 0.272 e. The van der Waals surface area contributed by atoms with E-state index in [1.807, 2.05) is 0 Å². The van der Waals surface area contributed by atoms with Crippen LogP contribution in [0.15, 0.2) is 46.5 Å². The molecular weight excluding hydrogens is 258 g/mol. The number of fused-ring (bicyclic) bond motifs is 1. The minimum atomic E-state index is -0.341. The van der Waals surface area contributed by atoms with Crippen molar-refractivity contribution in [3.63, 3.8) is 0 Å². The number of nitrogens with one attached hydrogen (secondary N) is 3. The van der Waals surface area contributed by atoms with E-state index in [0.717, 1.165) is 5.56 Å². The molecule has 0 spiro atoms. The molecule has 2 heterocycles. The number of benzene rings is 1. The highest BCUT2D eigenvalue weighted by atomic mass is 16.1. The Bertz CT molecular complexity index is 854. The summed E-state index contributed by atoms with van der Waals surface area (Å²) < 4.78 is 0. The third-order valence-electron chi connectivity index (χ3n) is 2.92. The minimum absolute atomic E-state index is 0.328. The number of anilines is 1. The third-order valence-corrected chi connectivity index (χ3v) is 2.92. The second kappa shape index (κ2) is 4.96. The Morgan fingerprint density at radius 3 is 2.60 bits per heavy atom. The van der Waals surface area contributed by atoms with Gasteiger partial charge in [0.2, 0.25) is 0 Å². The lowest BCUT2D eigenvalue weighted by Gasteiger charge is -2.08. The Labute approximate surface area is 112 Å². The van der Waals surface area contributed by atoms with E-state index in [2.05, 4.69) is 25.5 Å². The molecule has 7 nitrogen and oxygen atoms in total. The van der Waals surface area contributed by atoms with Crippen molar-refractivity contribution in [3.8, 4) is 0 Å². The fourth-order valence-corrected chi connectivity index (χ4v) is 2.00. The zero-order valence-electron chi connectivity index (χ0n) is 10.4. The quantitative estimate of drug-likeness (QED) is 0.646. The Morgan fingerprint density at radius 1 is 1.05 bits per heavy atom. The van der Waals surface area contributed by atoms with Crippen molar-refractivity contribution >= 4 is 16.5 Å². The van der Waals surface area contributed by atoms with E-state index >= 15 is 0 Å². The Hall–Kier alpha value is -2.96. The van der Waals surface area contributed by atoms with E-state index < -0.39 is 0 Å². The molecule has 0 atom stereocenters. The Balaban J connectivity index is 2.02. The van der Waals surface area contributed by atoms with Gasteiger partial charge in [-0.25, -0.2) is 9.97 Å². The molecule has 7 heteroatoms. The van der Waals surface area contributed by atoms with Crippen LogP contribution in [0.1, 0.15) is 5.56 Å². The van der Waals surface area contributed by atoms with Crippen molar-refractivity contribution in [2.75, 3.05) is 5.32 Å². The van der Waals surface area contributed by atoms with E-state index in [1.165, 1.54) is 6.33 Å². The molecule has 20 heavy (non-hydrogen) atoms. The lowest BCUT2D eigenvalue weighted by molar-refractivity contribution is 0.975. The molecule has 0 aliphatic carbocycles. The number of aromatic amines is 2. The van der Waals surface area contributed by atoms with Crippen LogP contribution >= 0.6 is 0 Å². The van der Waals surface area contributed by atoms with Crippen molar-refractivity contribution in [2.45, 2.75) is 6.54 Å². The van der Waals surface area contributed by atoms with Crippen molar-refractivity contribution < 1.29 is 0 Å². The van der Waals surface area contributed by atoms with Crippen LogP contribution in [0.25, 0.3) is 10.8 Å². The number of H-pyrrole nitrogens is 2. The van der Waals surface area contributed by atoms with Gasteiger partial charge in [-0.15, -0.1) is 0 Å². The summed E-state index contributed by atoms with van der Waals surface area (Å²) in [6.07, 6.45) is 4.82. The first-order valence-electron chi connectivity index (χ1n) is 5.97. The molecule has 3 rings (SSSR count). The number of aromatic nitrogens is 4. The fraction of sp³-hybridized carbons (Fsp3) is 0.0769. The standard InChI is InChI=1S/C13H11N5O2/c19-12-9-2-1-3-10(11(9)13(20)18-17-12)16-6-8-4-14-7-15-5-8/h1-5,7,16H,6H2,(H,17,19)(H,18,20). The van der Waals surface area contributed by atoms with Gasteiger partial charge in [0.25, 0.3) is 11.1 Å². The molecule has 0 amide bonds. The molecule has 3 aromatic rings. The molecule has 0 radical (unpaired) electrons. The highest BCUT2D eigenvalue weighted by molar-refractivity contribution is 5.92. The van der Waals surface area contributed by atoms with Crippen molar-refractivity contribution in [3.05, 3.63) is 63.2 Å². The zero-order chi connectivity index (χ0) is 13.9. The van der Waals surface area contributed by atoms with Crippen molar-refractivity contribution in [1.82, 2.24) is 20.2 Å². The second-order valence-corrected chi connectivity index (χ2v) is 4.24. The first-order chi connectivity index (χ1) is 9.75. The number of rotatable bonds is 3. The molecule has 0 saturated carbocycles. The second-order valence-electron chi connectivity index (χ2n) is 4.24. The minimum Gasteiger partial charge on any atom is -0.380 e. The first-order valence-corrected chi connectivity index (χ1v) is 5.97. The zero-order valence-corrected chi connectivity index (χ0v) is 10.4. The van der Waals surface area contributed by atoms with Gasteiger partial charge in [0.1, 0.15) is 6.33 Å². The predicted octanol–water partition coefficient (Wildman–Crippen LogP) is 0.618. The summed E-state index contributed by atoms with van der Waals surface area (Å²) in [6.45, 7) is 0.464. The molecule has 0 unspecified atom stereocenters. The normalized spacial score (nSPS) is 10.6. The summed E-state index contributed by atoms with van der Waals surface area (Å²) in [5.41, 5.74) is 0.808. The summed E-state index contributed by atoms with van der Waals surface area (Å²) in [6, 6.07) is 5.09. The van der Waals surface area contributed by atoms with Gasteiger partial charge in [-0.2, -0.15) is 0 Å². The van der Waals surface area contributed by atoms with Gasteiger partial charge in [0.05, 0.1) is 10.8 Å². The van der Waals surface area contributed by atoms with E-state index in [1.54, 1.807) is 30.6 Å². The van der Waals surface area contributed by atoms with Crippen LogP contribution in [0.4, 0.5) is 5.69 Å². The molecule has 3 N–H and O–H groups in total. The number of nitrogens with zero attached hydrogens (tertiary/aromatic N) is 2. The molecule has 0 saturated heterocycles. The summed E-state index contributed by atoms with van der Waals surface area (Å²) in [7, 11) is 0. The molecule has 0 aliphatic rings. The van der Waals surface area contributed by atoms with Gasteiger partial charge in [-0.1, -0.05) is 6.07 Å². The molecule has 1 aromatic carbocycles. The average molecular weight is 269 g/mol. The van der Waals surface area contributed by atoms with Crippen LogP contribution in [0, 0.1) is 0 Å². The highest BCUT2D eigenvalue weighted by Crippen LogP contribution is 2.17. The predicted molar refractivity (Wildman–Crippen MR) is 74.5 cm³/mol. The van der Waals surface area contributed by atoms with E-state index in [9.17, 15) is 9.59 Å². The maximum absolute atomic E-state index is 11.9. The maximum atomic E-state index is 11.9. The number of hydrogen-bond acceptors (Lipinski definition) is 5. The lowest BCUT2D eigenvalue weighted by Crippen LogP contribution is -2.20. The van der Waals surface area contributed by atoms with E-state index in [0.29, 0.717) is 23.0 Å². The van der Waals surface area contributed by atoms with Crippen LogP contribution < -0.4 is 16.4 Å². The lowest BCUT2D eigenvalue weighted by atomic mass is 10.1. The molecule has 0 aliphatic heterocycles. The molecule has 0 bridgehead atoms. The van der Waals surface area contributed by atoms with Gasteiger partial charge in [-0.3, -0.25) is 19.8 Å². The fourth-order valence-electron chi connectivity index (χ4n) is 2.00. The van der Waals surface area contributed by atoms with Crippen molar-refractivity contribution in [1.29, 1.82) is 0 Å². The molecular formula is C13H11N5O2.